The summed E-state index contributed by atoms with van der Waals surface area (Å²) in [6.45, 7) is 0. The van der Waals surface area contributed by atoms with E-state index in [1.165, 1.54) is 0 Å². The standard InChI is InChI=1S/C13H12Br3NO2S/c1-18-9-3-6(8(14)5-10(9)19-2)12(17)7-4-11(15)20-13(7)16/h3-5,12H,17H2,1-2H3. The molecule has 1 unspecified atom stereocenters. The maximum absolute atomic E-state index is 6.38. The van der Waals surface area contributed by atoms with Gasteiger partial charge in [-0.05, 0) is 61.2 Å². The molecule has 0 radical (unpaired) electrons. The van der Waals surface area contributed by atoms with Crippen LogP contribution < -0.4 is 15.2 Å². The molecule has 2 N–H and O–H groups in total. The van der Waals surface area contributed by atoms with E-state index in [4.69, 9.17) is 15.2 Å². The summed E-state index contributed by atoms with van der Waals surface area (Å²) in [5.41, 5.74) is 8.34. The molecule has 0 aliphatic rings. The van der Waals surface area contributed by atoms with Crippen LogP contribution in [0.25, 0.3) is 0 Å². The second-order valence-electron chi connectivity index (χ2n) is 3.99. The summed E-state index contributed by atoms with van der Waals surface area (Å²) in [4.78, 5) is 0. The first-order chi connectivity index (χ1) is 9.47. The quantitative estimate of drug-likeness (QED) is 0.655. The molecule has 108 valence electrons. The Balaban J connectivity index is 2.49. The van der Waals surface area contributed by atoms with E-state index in [9.17, 15) is 0 Å². The Bertz CT molecular complexity index is 630. The Morgan fingerprint density at radius 1 is 1.00 bits per heavy atom. The predicted molar refractivity (Wildman–Crippen MR) is 93.0 cm³/mol. The van der Waals surface area contributed by atoms with Gasteiger partial charge < -0.3 is 15.2 Å². The number of halogens is 3. The second kappa shape index (κ2) is 6.79. The zero-order valence-corrected chi connectivity index (χ0v) is 16.3. The van der Waals surface area contributed by atoms with Crippen LogP contribution in [-0.4, -0.2) is 14.2 Å². The lowest BCUT2D eigenvalue weighted by Gasteiger charge is -2.17. The van der Waals surface area contributed by atoms with E-state index in [0.29, 0.717) is 11.5 Å². The van der Waals surface area contributed by atoms with Gasteiger partial charge in [-0.25, -0.2) is 0 Å². The van der Waals surface area contributed by atoms with Gasteiger partial charge in [-0.2, -0.15) is 0 Å². The molecule has 0 aliphatic carbocycles. The fourth-order valence-corrected chi connectivity index (χ4v) is 5.34. The SMILES string of the molecule is COc1cc(Br)c(C(N)c2cc(Br)sc2Br)cc1OC. The number of methoxy groups -OCH3 is 2. The van der Waals surface area contributed by atoms with Crippen molar-refractivity contribution in [2.75, 3.05) is 14.2 Å². The van der Waals surface area contributed by atoms with Crippen LogP contribution in [0.15, 0.2) is 30.2 Å². The Morgan fingerprint density at radius 2 is 1.60 bits per heavy atom. The number of benzene rings is 1. The number of hydrogen-bond acceptors (Lipinski definition) is 4. The van der Waals surface area contributed by atoms with Crippen molar-refractivity contribution in [3.8, 4) is 11.5 Å². The largest absolute Gasteiger partial charge is 0.493 e. The average Bonchev–Trinajstić information content (AvgIpc) is 2.76. The molecule has 0 spiro atoms. The summed E-state index contributed by atoms with van der Waals surface area (Å²) in [7, 11) is 3.22. The van der Waals surface area contributed by atoms with Crippen LogP contribution in [0.1, 0.15) is 17.2 Å². The molecule has 3 nitrogen and oxygen atoms in total. The lowest BCUT2D eigenvalue weighted by molar-refractivity contribution is 0.354. The molecule has 0 bridgehead atoms. The van der Waals surface area contributed by atoms with Gasteiger partial charge in [0.15, 0.2) is 11.5 Å². The highest BCUT2D eigenvalue weighted by molar-refractivity contribution is 9.12. The molecule has 2 aromatic rings. The van der Waals surface area contributed by atoms with Crippen LogP contribution in [0, 0.1) is 0 Å². The van der Waals surface area contributed by atoms with E-state index < -0.39 is 0 Å². The molecule has 1 aromatic carbocycles. The fourth-order valence-electron chi connectivity index (χ4n) is 1.84. The van der Waals surface area contributed by atoms with Gasteiger partial charge in [0.2, 0.25) is 0 Å². The van der Waals surface area contributed by atoms with Crippen LogP contribution in [-0.2, 0) is 0 Å². The Hall–Kier alpha value is -0.0800. The first kappa shape index (κ1) is 16.3. The number of thiophene rings is 1. The molecule has 1 heterocycles. The van der Waals surface area contributed by atoms with Crippen molar-refractivity contribution in [1.29, 1.82) is 0 Å². The topological polar surface area (TPSA) is 44.5 Å². The molecule has 0 fully saturated rings. The minimum Gasteiger partial charge on any atom is -0.493 e. The summed E-state index contributed by atoms with van der Waals surface area (Å²) < 4.78 is 13.5. The van der Waals surface area contributed by atoms with Crippen LogP contribution in [0.2, 0.25) is 0 Å². The van der Waals surface area contributed by atoms with Crippen molar-refractivity contribution in [2.24, 2.45) is 5.73 Å². The van der Waals surface area contributed by atoms with Gasteiger partial charge >= 0.3 is 0 Å². The van der Waals surface area contributed by atoms with Crippen LogP contribution >= 0.6 is 59.1 Å². The van der Waals surface area contributed by atoms with E-state index in [2.05, 4.69) is 47.8 Å². The third-order valence-corrected chi connectivity index (χ3v) is 5.93. The van der Waals surface area contributed by atoms with Gasteiger partial charge in [0.25, 0.3) is 0 Å². The van der Waals surface area contributed by atoms with Crippen molar-refractivity contribution in [1.82, 2.24) is 0 Å². The van der Waals surface area contributed by atoms with Crippen molar-refractivity contribution < 1.29 is 9.47 Å². The minimum absolute atomic E-state index is 0.263. The molecule has 0 saturated carbocycles. The predicted octanol–water partition coefficient (Wildman–Crippen LogP) is 5.10. The van der Waals surface area contributed by atoms with Crippen LogP contribution in [0.5, 0.6) is 11.5 Å². The summed E-state index contributed by atoms with van der Waals surface area (Å²) in [5, 5.41) is 0. The average molecular weight is 486 g/mol. The molecule has 1 atom stereocenters. The molecule has 7 heteroatoms. The van der Waals surface area contributed by atoms with Gasteiger partial charge in [0.05, 0.1) is 27.8 Å². The van der Waals surface area contributed by atoms with Crippen molar-refractivity contribution in [3.05, 3.63) is 41.4 Å². The third kappa shape index (κ3) is 3.22. The maximum atomic E-state index is 6.38. The molecular weight excluding hydrogens is 474 g/mol. The summed E-state index contributed by atoms with van der Waals surface area (Å²) in [5.74, 6) is 1.33. The zero-order chi connectivity index (χ0) is 14.9. The highest BCUT2D eigenvalue weighted by Gasteiger charge is 2.20. The summed E-state index contributed by atoms with van der Waals surface area (Å²) >= 11 is 12.1. The highest BCUT2D eigenvalue weighted by Crippen LogP contribution is 2.41. The van der Waals surface area contributed by atoms with E-state index in [1.807, 2.05) is 18.2 Å². The number of rotatable bonds is 4. The minimum atomic E-state index is -0.263. The fraction of sp³-hybridized carbons (Fsp3) is 0.231. The molecule has 0 saturated heterocycles. The van der Waals surface area contributed by atoms with Gasteiger partial charge in [-0.1, -0.05) is 15.9 Å². The first-order valence-electron chi connectivity index (χ1n) is 5.59. The molecule has 0 amide bonds. The molecule has 20 heavy (non-hydrogen) atoms. The Labute approximate surface area is 146 Å². The summed E-state index contributed by atoms with van der Waals surface area (Å²) in [6, 6.07) is 5.51. The van der Waals surface area contributed by atoms with Crippen LogP contribution in [0.4, 0.5) is 0 Å². The smallest absolute Gasteiger partial charge is 0.161 e. The van der Waals surface area contributed by atoms with E-state index in [1.54, 1.807) is 25.6 Å². The number of ether oxygens (including phenoxy) is 2. The Morgan fingerprint density at radius 3 is 2.10 bits per heavy atom. The third-order valence-electron chi connectivity index (χ3n) is 2.86. The van der Waals surface area contributed by atoms with Gasteiger partial charge in [-0.3, -0.25) is 0 Å². The van der Waals surface area contributed by atoms with Crippen molar-refractivity contribution in [3.63, 3.8) is 0 Å². The summed E-state index contributed by atoms with van der Waals surface area (Å²) in [6.07, 6.45) is 0. The molecule has 0 aliphatic heterocycles. The van der Waals surface area contributed by atoms with Crippen LogP contribution in [0.3, 0.4) is 0 Å². The van der Waals surface area contributed by atoms with Crippen molar-refractivity contribution in [2.45, 2.75) is 6.04 Å². The molecule has 1 aromatic heterocycles. The Kier molecular flexibility index (Phi) is 5.53. The maximum Gasteiger partial charge on any atom is 0.161 e. The molecule has 2 rings (SSSR count). The zero-order valence-electron chi connectivity index (χ0n) is 10.7. The van der Waals surface area contributed by atoms with Gasteiger partial charge in [-0.15, -0.1) is 11.3 Å². The van der Waals surface area contributed by atoms with Gasteiger partial charge in [0.1, 0.15) is 0 Å². The normalized spacial score (nSPS) is 12.3. The first-order valence-corrected chi connectivity index (χ1v) is 8.79. The number of hydrogen-bond donors (Lipinski definition) is 1. The van der Waals surface area contributed by atoms with E-state index in [-0.39, 0.29) is 6.04 Å². The lowest BCUT2D eigenvalue weighted by Crippen LogP contribution is -2.12. The highest BCUT2D eigenvalue weighted by atomic mass is 79.9. The number of nitrogens with two attached hydrogens (primary N) is 1. The van der Waals surface area contributed by atoms with Gasteiger partial charge in [0, 0.05) is 4.47 Å². The van der Waals surface area contributed by atoms with E-state index >= 15 is 0 Å². The lowest BCUT2D eigenvalue weighted by atomic mass is 10.0. The van der Waals surface area contributed by atoms with Crippen molar-refractivity contribution >= 4 is 59.1 Å². The van der Waals surface area contributed by atoms with E-state index in [0.717, 1.165) is 23.2 Å². The monoisotopic (exact) mass is 483 g/mol. The second-order valence-corrected chi connectivity index (χ2v) is 8.59. The molecular formula is C13H12Br3NO2S.